The van der Waals surface area contributed by atoms with Crippen LogP contribution >= 0.6 is 0 Å². The first kappa shape index (κ1) is 16.6. The Morgan fingerprint density at radius 2 is 1.96 bits per heavy atom. The molecule has 0 aliphatic carbocycles. The summed E-state index contributed by atoms with van der Waals surface area (Å²) in [6, 6.07) is 6.11. The number of ether oxygens (including phenoxy) is 1. The van der Waals surface area contributed by atoms with Crippen molar-refractivity contribution in [2.24, 2.45) is 0 Å². The van der Waals surface area contributed by atoms with Crippen molar-refractivity contribution in [3.8, 4) is 5.75 Å². The molecule has 124 valence electrons. The summed E-state index contributed by atoms with van der Waals surface area (Å²) < 4.78 is 7.55. The van der Waals surface area contributed by atoms with Crippen molar-refractivity contribution in [1.82, 2.24) is 9.55 Å². The Morgan fingerprint density at radius 1 is 1.26 bits per heavy atom. The monoisotopic (exact) mass is 321 g/mol. The molecule has 1 aliphatic rings. The fraction of sp³-hybridized carbons (Fsp3) is 0.400. The Labute approximate surface area is 132 Å². The number of carboxylic acid groups (broad SMARTS) is 2. The number of anilines is 1. The number of aliphatic carboxylic acids is 2. The minimum atomic E-state index is -1.82. The lowest BCUT2D eigenvalue weighted by molar-refractivity contribution is -0.159. The van der Waals surface area contributed by atoms with Crippen LogP contribution in [0.2, 0.25) is 0 Å². The molecule has 1 aromatic heterocycles. The third-order valence-corrected chi connectivity index (χ3v) is 3.59. The Morgan fingerprint density at radius 3 is 2.52 bits per heavy atom. The lowest BCUT2D eigenvalue weighted by Gasteiger charge is -2.27. The molecule has 0 atom stereocenters. The zero-order valence-corrected chi connectivity index (χ0v) is 13.0. The zero-order valence-electron chi connectivity index (χ0n) is 13.0. The van der Waals surface area contributed by atoms with Gasteiger partial charge in [0.05, 0.1) is 18.1 Å². The van der Waals surface area contributed by atoms with Crippen LogP contribution in [-0.2, 0) is 16.1 Å². The standard InChI is InChI=1S/C13H17N3O.C2H2O4/c1-3-15-7-4-8-16-12-6-5-10(17-2)9-11(12)14-13(15)16;3-1(4)2(5)6/h5-6,9H,3-4,7-8H2,1-2H3;(H,3,4)(H,5,6). The molecule has 2 N–H and O–H groups in total. The van der Waals surface area contributed by atoms with Crippen LogP contribution in [0.3, 0.4) is 0 Å². The van der Waals surface area contributed by atoms with Gasteiger partial charge in [-0.15, -0.1) is 0 Å². The number of hydrogen-bond donors (Lipinski definition) is 2. The number of imidazole rings is 1. The van der Waals surface area contributed by atoms with Crippen molar-refractivity contribution in [2.75, 3.05) is 25.1 Å². The van der Waals surface area contributed by atoms with E-state index in [0.717, 1.165) is 36.8 Å². The second-order valence-corrected chi connectivity index (χ2v) is 4.96. The van der Waals surface area contributed by atoms with Gasteiger partial charge in [0.2, 0.25) is 5.95 Å². The highest BCUT2D eigenvalue weighted by Crippen LogP contribution is 2.28. The Balaban J connectivity index is 0.000000277. The summed E-state index contributed by atoms with van der Waals surface area (Å²) in [5.41, 5.74) is 2.23. The predicted molar refractivity (Wildman–Crippen MR) is 84.1 cm³/mol. The SMILES string of the molecule is CCN1CCCn2c1nc1cc(OC)ccc12.O=C(O)C(=O)O. The summed E-state index contributed by atoms with van der Waals surface area (Å²) >= 11 is 0. The number of methoxy groups -OCH3 is 1. The highest BCUT2D eigenvalue weighted by Gasteiger charge is 2.19. The van der Waals surface area contributed by atoms with E-state index in [9.17, 15) is 0 Å². The van der Waals surface area contributed by atoms with E-state index in [1.807, 2.05) is 12.1 Å². The maximum Gasteiger partial charge on any atom is 0.414 e. The van der Waals surface area contributed by atoms with Crippen molar-refractivity contribution >= 4 is 28.9 Å². The minimum absolute atomic E-state index is 0.871. The van der Waals surface area contributed by atoms with Gasteiger partial charge in [0.1, 0.15) is 5.75 Å². The van der Waals surface area contributed by atoms with E-state index in [1.165, 1.54) is 11.9 Å². The fourth-order valence-corrected chi connectivity index (χ4v) is 2.50. The maximum atomic E-state index is 9.10. The third-order valence-electron chi connectivity index (χ3n) is 3.59. The number of benzene rings is 1. The fourth-order valence-electron chi connectivity index (χ4n) is 2.50. The average Bonchev–Trinajstić information content (AvgIpc) is 2.92. The lowest BCUT2D eigenvalue weighted by atomic mass is 10.3. The molecule has 23 heavy (non-hydrogen) atoms. The third kappa shape index (κ3) is 3.53. The number of aryl methyl sites for hydroxylation is 1. The van der Waals surface area contributed by atoms with Gasteiger partial charge in [0.15, 0.2) is 0 Å². The number of nitrogens with zero attached hydrogens (tertiary/aromatic N) is 3. The van der Waals surface area contributed by atoms with Crippen LogP contribution in [0.15, 0.2) is 18.2 Å². The van der Waals surface area contributed by atoms with E-state index in [1.54, 1.807) is 7.11 Å². The van der Waals surface area contributed by atoms with Gasteiger partial charge in [0, 0.05) is 25.7 Å². The van der Waals surface area contributed by atoms with Gasteiger partial charge in [-0.3, -0.25) is 0 Å². The largest absolute Gasteiger partial charge is 0.497 e. The summed E-state index contributed by atoms with van der Waals surface area (Å²) in [5.74, 6) is -1.68. The highest BCUT2D eigenvalue weighted by atomic mass is 16.5. The highest BCUT2D eigenvalue weighted by molar-refractivity contribution is 6.27. The van der Waals surface area contributed by atoms with Crippen LogP contribution in [0.5, 0.6) is 5.75 Å². The van der Waals surface area contributed by atoms with Crippen LogP contribution in [0.1, 0.15) is 13.3 Å². The van der Waals surface area contributed by atoms with Crippen molar-refractivity contribution in [3.05, 3.63) is 18.2 Å². The summed E-state index contributed by atoms with van der Waals surface area (Å²) in [6.45, 7) is 5.36. The molecular formula is C15H19N3O5. The lowest BCUT2D eigenvalue weighted by Crippen LogP contribution is -2.31. The first-order valence-electron chi connectivity index (χ1n) is 7.23. The number of hydrogen-bond acceptors (Lipinski definition) is 5. The minimum Gasteiger partial charge on any atom is -0.497 e. The van der Waals surface area contributed by atoms with Gasteiger partial charge in [-0.25, -0.2) is 14.6 Å². The summed E-state index contributed by atoms with van der Waals surface area (Å²) in [4.78, 5) is 25.3. The summed E-state index contributed by atoms with van der Waals surface area (Å²) in [7, 11) is 1.69. The molecule has 0 bridgehead atoms. The Hall–Kier alpha value is -2.77. The molecule has 2 heterocycles. The van der Waals surface area contributed by atoms with E-state index < -0.39 is 11.9 Å². The van der Waals surface area contributed by atoms with E-state index in [-0.39, 0.29) is 0 Å². The molecule has 8 heteroatoms. The van der Waals surface area contributed by atoms with E-state index >= 15 is 0 Å². The van der Waals surface area contributed by atoms with Gasteiger partial charge >= 0.3 is 11.9 Å². The van der Waals surface area contributed by atoms with Crippen molar-refractivity contribution in [1.29, 1.82) is 0 Å². The van der Waals surface area contributed by atoms with Gasteiger partial charge in [-0.1, -0.05) is 0 Å². The number of fused-ring (bicyclic) bond motifs is 3. The molecule has 8 nitrogen and oxygen atoms in total. The van der Waals surface area contributed by atoms with Crippen molar-refractivity contribution < 1.29 is 24.5 Å². The number of carbonyl (C=O) groups is 2. The van der Waals surface area contributed by atoms with Crippen LogP contribution in [-0.4, -0.2) is 51.9 Å². The molecule has 1 aromatic carbocycles. The van der Waals surface area contributed by atoms with Gasteiger partial charge in [-0.2, -0.15) is 0 Å². The molecule has 0 fully saturated rings. The van der Waals surface area contributed by atoms with Crippen molar-refractivity contribution in [2.45, 2.75) is 19.9 Å². The van der Waals surface area contributed by atoms with Crippen LogP contribution in [0.25, 0.3) is 11.0 Å². The molecule has 0 radical (unpaired) electrons. The Kier molecular flexibility index (Phi) is 5.05. The normalized spacial score (nSPS) is 13.0. The summed E-state index contributed by atoms with van der Waals surface area (Å²) in [6.07, 6.45) is 1.19. The quantitative estimate of drug-likeness (QED) is 0.806. The number of aromatic nitrogens is 2. The second-order valence-electron chi connectivity index (χ2n) is 4.96. The molecule has 3 rings (SSSR count). The van der Waals surface area contributed by atoms with Gasteiger partial charge in [-0.05, 0) is 25.5 Å². The van der Waals surface area contributed by atoms with Gasteiger partial charge < -0.3 is 24.4 Å². The average molecular weight is 321 g/mol. The van der Waals surface area contributed by atoms with E-state index in [2.05, 4.69) is 22.5 Å². The Bertz CT molecular complexity index is 713. The molecule has 0 saturated carbocycles. The molecule has 1 aliphatic heterocycles. The molecule has 0 unspecified atom stereocenters. The predicted octanol–water partition coefficient (Wildman–Crippen LogP) is 1.43. The van der Waals surface area contributed by atoms with Crippen molar-refractivity contribution in [3.63, 3.8) is 0 Å². The molecule has 0 saturated heterocycles. The topological polar surface area (TPSA) is 105 Å². The molecule has 0 spiro atoms. The second kappa shape index (κ2) is 6.99. The molecule has 0 amide bonds. The van der Waals surface area contributed by atoms with Gasteiger partial charge in [0.25, 0.3) is 0 Å². The number of rotatable bonds is 2. The van der Waals surface area contributed by atoms with Crippen LogP contribution < -0.4 is 9.64 Å². The van der Waals surface area contributed by atoms with Crippen LogP contribution in [0, 0.1) is 0 Å². The smallest absolute Gasteiger partial charge is 0.414 e. The van der Waals surface area contributed by atoms with E-state index in [4.69, 9.17) is 29.5 Å². The summed E-state index contributed by atoms with van der Waals surface area (Å²) in [5, 5.41) is 14.8. The molecule has 2 aromatic rings. The zero-order chi connectivity index (χ0) is 17.0. The first-order chi connectivity index (χ1) is 11.0. The van der Waals surface area contributed by atoms with E-state index in [0.29, 0.717) is 0 Å². The van der Waals surface area contributed by atoms with Crippen LogP contribution in [0.4, 0.5) is 5.95 Å². The number of carboxylic acids is 2. The maximum absolute atomic E-state index is 9.10. The first-order valence-corrected chi connectivity index (χ1v) is 7.23. The molecular weight excluding hydrogens is 302 g/mol.